The van der Waals surface area contributed by atoms with Crippen molar-refractivity contribution in [3.8, 4) is 0 Å². The monoisotopic (exact) mass is 319 g/mol. The molecule has 0 aromatic carbocycles. The summed E-state index contributed by atoms with van der Waals surface area (Å²) in [7, 11) is 11.5. The summed E-state index contributed by atoms with van der Waals surface area (Å²) < 4.78 is 2.02. The van der Waals surface area contributed by atoms with E-state index in [4.69, 9.17) is 19.4 Å². The Morgan fingerprint density at radius 1 is 1.36 bits per heavy atom. The molecular weight excluding hydrogens is 306 g/mol. The van der Waals surface area contributed by atoms with Gasteiger partial charge in [0.05, 0.1) is 0 Å². The van der Waals surface area contributed by atoms with E-state index in [1.807, 2.05) is 11.5 Å². The molecular formula is C10H13Cl2NRu. The number of aromatic nitrogens is 1. The minimum absolute atomic E-state index is 0.932. The van der Waals surface area contributed by atoms with Crippen LogP contribution in [-0.2, 0) is 19.9 Å². The van der Waals surface area contributed by atoms with Gasteiger partial charge < -0.3 is 0 Å². The van der Waals surface area contributed by atoms with Gasteiger partial charge in [-0.15, -0.1) is 0 Å². The number of rotatable bonds is 3. The summed E-state index contributed by atoms with van der Waals surface area (Å²) in [5, 5.41) is 0. The van der Waals surface area contributed by atoms with E-state index in [0.717, 1.165) is 24.2 Å². The molecule has 0 spiro atoms. The maximum atomic E-state index is 5.74. The van der Waals surface area contributed by atoms with E-state index >= 15 is 0 Å². The second kappa shape index (κ2) is 5.95. The average molecular weight is 319 g/mol. The molecule has 0 unspecified atom stereocenters. The van der Waals surface area contributed by atoms with Crippen LogP contribution in [0.4, 0.5) is 0 Å². The first-order chi connectivity index (χ1) is 6.58. The summed E-state index contributed by atoms with van der Waals surface area (Å²) in [4.78, 5) is 4.44. The van der Waals surface area contributed by atoms with E-state index in [1.165, 1.54) is 5.56 Å². The predicted molar refractivity (Wildman–Crippen MR) is 59.8 cm³/mol. The van der Waals surface area contributed by atoms with Gasteiger partial charge in [0, 0.05) is 0 Å². The van der Waals surface area contributed by atoms with Crippen LogP contribution in [0, 0.1) is 13.8 Å². The van der Waals surface area contributed by atoms with E-state index in [1.54, 1.807) is 0 Å². The Morgan fingerprint density at radius 2 is 2.07 bits per heavy atom. The van der Waals surface area contributed by atoms with Gasteiger partial charge >= 0.3 is 98.3 Å². The molecule has 0 aliphatic rings. The van der Waals surface area contributed by atoms with E-state index < -0.39 is 13.5 Å². The first-order valence-electron chi connectivity index (χ1n) is 4.34. The van der Waals surface area contributed by atoms with Gasteiger partial charge in [-0.2, -0.15) is 0 Å². The van der Waals surface area contributed by atoms with Crippen molar-refractivity contribution in [2.45, 2.75) is 26.7 Å². The number of pyridine rings is 1. The fraction of sp³-hybridized carbons (Fsp3) is 0.400. The number of halogens is 2. The van der Waals surface area contributed by atoms with Crippen LogP contribution in [-0.4, -0.2) is 9.59 Å². The van der Waals surface area contributed by atoms with Crippen LogP contribution in [0.15, 0.2) is 12.1 Å². The summed E-state index contributed by atoms with van der Waals surface area (Å²) in [6.07, 6.45) is 1.87. The fourth-order valence-electron chi connectivity index (χ4n) is 1.33. The van der Waals surface area contributed by atoms with Gasteiger partial charge in [0.1, 0.15) is 0 Å². The Hall–Kier alpha value is 0.223. The molecule has 1 rings (SSSR count). The van der Waals surface area contributed by atoms with Crippen molar-refractivity contribution in [2.24, 2.45) is 0 Å². The molecule has 0 bridgehead atoms. The van der Waals surface area contributed by atoms with Crippen molar-refractivity contribution >= 4 is 24.0 Å². The molecule has 0 aliphatic carbocycles. The number of nitrogens with zero attached hydrogens (tertiary/aromatic N) is 1. The van der Waals surface area contributed by atoms with Crippen LogP contribution >= 0.6 is 19.4 Å². The Balaban J connectivity index is 2.63. The summed E-state index contributed by atoms with van der Waals surface area (Å²) in [6, 6.07) is 4.19. The molecule has 80 valence electrons. The van der Waals surface area contributed by atoms with E-state index in [9.17, 15) is 0 Å². The van der Waals surface area contributed by atoms with Crippen molar-refractivity contribution in [3.63, 3.8) is 0 Å². The molecule has 1 aromatic heterocycles. The first kappa shape index (κ1) is 12.3. The zero-order valence-electron chi connectivity index (χ0n) is 8.20. The van der Waals surface area contributed by atoms with Crippen LogP contribution < -0.4 is 0 Å². The topological polar surface area (TPSA) is 12.9 Å². The van der Waals surface area contributed by atoms with Crippen LogP contribution in [0.3, 0.4) is 0 Å². The van der Waals surface area contributed by atoms with Crippen LogP contribution in [0.5, 0.6) is 0 Å². The van der Waals surface area contributed by atoms with Gasteiger partial charge in [0.15, 0.2) is 0 Å². The molecule has 1 nitrogen and oxygen atoms in total. The van der Waals surface area contributed by atoms with Crippen molar-refractivity contribution in [3.05, 3.63) is 29.1 Å². The third-order valence-corrected chi connectivity index (χ3v) is 4.09. The van der Waals surface area contributed by atoms with Gasteiger partial charge in [-0.25, -0.2) is 0 Å². The molecule has 0 aliphatic heterocycles. The molecule has 0 saturated heterocycles. The van der Waals surface area contributed by atoms with Gasteiger partial charge in [-0.05, 0) is 0 Å². The zero-order chi connectivity index (χ0) is 10.6. The third-order valence-electron chi connectivity index (χ3n) is 1.76. The molecule has 0 fully saturated rings. The number of hydrogen-bond donors (Lipinski definition) is 0. The zero-order valence-corrected chi connectivity index (χ0v) is 11.5. The van der Waals surface area contributed by atoms with E-state index in [2.05, 4.69) is 24.0 Å². The fourth-order valence-corrected chi connectivity index (χ4v) is 2.87. The SMILES string of the molecule is Cc1cc(C)nc(CC[CH]=[Ru]([Cl])[Cl])c1. The van der Waals surface area contributed by atoms with Gasteiger partial charge in [0.25, 0.3) is 0 Å². The number of aryl methyl sites for hydroxylation is 3. The molecule has 0 amide bonds. The molecule has 0 N–H and O–H groups in total. The summed E-state index contributed by atoms with van der Waals surface area (Å²) in [6.45, 7) is 4.10. The van der Waals surface area contributed by atoms with Crippen molar-refractivity contribution < 1.29 is 13.5 Å². The Kier molecular flexibility index (Phi) is 5.22. The standard InChI is InChI=1S/C10H13N.2ClH.Ru/c1-4-5-10-7-8(2)6-9(3)11-10;;;/h1,6-7H,4-5H2,2-3H3;2*1H;/q;;;+2/p-2. The van der Waals surface area contributed by atoms with Gasteiger partial charge in [-0.3, -0.25) is 0 Å². The molecule has 1 heterocycles. The van der Waals surface area contributed by atoms with E-state index in [0.29, 0.717) is 0 Å². The van der Waals surface area contributed by atoms with Crippen LogP contribution in [0.1, 0.15) is 23.4 Å². The van der Waals surface area contributed by atoms with Crippen molar-refractivity contribution in [2.75, 3.05) is 0 Å². The van der Waals surface area contributed by atoms with Crippen LogP contribution in [0.25, 0.3) is 0 Å². The van der Waals surface area contributed by atoms with Crippen molar-refractivity contribution in [1.82, 2.24) is 4.98 Å². The molecule has 4 heteroatoms. The third kappa shape index (κ3) is 4.64. The molecule has 0 radical (unpaired) electrons. The van der Waals surface area contributed by atoms with Gasteiger partial charge in [0.2, 0.25) is 0 Å². The summed E-state index contributed by atoms with van der Waals surface area (Å²) >= 11 is -1.58. The van der Waals surface area contributed by atoms with Gasteiger partial charge in [-0.1, -0.05) is 0 Å². The summed E-state index contributed by atoms with van der Waals surface area (Å²) in [5.41, 5.74) is 3.46. The second-order valence-corrected chi connectivity index (χ2v) is 9.10. The Morgan fingerprint density at radius 3 is 2.64 bits per heavy atom. The summed E-state index contributed by atoms with van der Waals surface area (Å²) in [5.74, 6) is 0. The predicted octanol–water partition coefficient (Wildman–Crippen LogP) is 3.36. The van der Waals surface area contributed by atoms with E-state index in [-0.39, 0.29) is 0 Å². The Labute approximate surface area is 98.0 Å². The molecule has 0 atom stereocenters. The molecule has 1 aromatic rings. The average Bonchev–Trinajstić information content (AvgIpc) is 2.01. The quantitative estimate of drug-likeness (QED) is 0.779. The number of hydrogen-bond acceptors (Lipinski definition) is 1. The second-order valence-electron chi connectivity index (χ2n) is 3.17. The Bertz CT molecular complexity index is 326. The van der Waals surface area contributed by atoms with Crippen LogP contribution in [0.2, 0.25) is 0 Å². The first-order valence-corrected chi connectivity index (χ1v) is 9.81. The van der Waals surface area contributed by atoms with Crippen molar-refractivity contribution in [1.29, 1.82) is 0 Å². The minimum atomic E-state index is -1.58. The maximum absolute atomic E-state index is 5.74. The molecule has 0 saturated carbocycles. The normalized spacial score (nSPS) is 11.3. The molecule has 14 heavy (non-hydrogen) atoms.